The van der Waals surface area contributed by atoms with Crippen LogP contribution < -0.4 is 16.8 Å². The van der Waals surface area contributed by atoms with E-state index in [1.54, 1.807) is 7.05 Å². The molecule has 0 fully saturated rings. The van der Waals surface area contributed by atoms with E-state index in [0.29, 0.717) is 13.2 Å². The van der Waals surface area contributed by atoms with Crippen molar-refractivity contribution in [2.24, 2.45) is 16.9 Å². The van der Waals surface area contributed by atoms with Crippen LogP contribution in [0.3, 0.4) is 0 Å². The first-order valence-corrected chi connectivity index (χ1v) is 11.6. The van der Waals surface area contributed by atoms with E-state index in [1.807, 2.05) is 6.92 Å². The lowest BCUT2D eigenvalue weighted by Crippen LogP contribution is -2.34. The molecule has 2 aromatic carbocycles. The molecule has 2 aromatic rings. The molecule has 0 atom stereocenters. The lowest BCUT2D eigenvalue weighted by atomic mass is 9.76. The van der Waals surface area contributed by atoms with Crippen LogP contribution in [-0.2, 0) is 23.7 Å². The molecular weight excluding hydrogens is 390 g/mol. The van der Waals surface area contributed by atoms with E-state index in [-0.39, 0.29) is 16.2 Å². The van der Waals surface area contributed by atoms with Gasteiger partial charge in [-0.3, -0.25) is 0 Å². The molecule has 3 heteroatoms. The first-order chi connectivity index (χ1) is 14.9. The van der Waals surface area contributed by atoms with Crippen LogP contribution in [0.25, 0.3) is 0 Å². The van der Waals surface area contributed by atoms with Gasteiger partial charge in [-0.2, -0.15) is 0 Å². The zero-order valence-corrected chi connectivity index (χ0v) is 21.6. The van der Waals surface area contributed by atoms with Crippen LogP contribution in [0.15, 0.2) is 48.5 Å². The van der Waals surface area contributed by atoms with Crippen molar-refractivity contribution in [2.45, 2.75) is 72.1 Å². The van der Waals surface area contributed by atoms with Gasteiger partial charge in [0.1, 0.15) is 0 Å². The van der Waals surface area contributed by atoms with Gasteiger partial charge in [0.2, 0.25) is 0 Å². The zero-order valence-electron chi connectivity index (χ0n) is 21.6. The van der Waals surface area contributed by atoms with Gasteiger partial charge in [0, 0.05) is 13.2 Å². The van der Waals surface area contributed by atoms with Gasteiger partial charge in [-0.1, -0.05) is 96.0 Å². The van der Waals surface area contributed by atoms with E-state index in [0.717, 1.165) is 12.8 Å². The Kier molecular flexibility index (Phi) is 10.6. The SMILES string of the molecule is CC#CC(CN)(Cc1ccc(C(C)(C)C)cc1)Cc1ccc(C(C)(C)C)cc1.CNCN. The molecule has 0 bridgehead atoms. The molecule has 0 saturated heterocycles. The van der Waals surface area contributed by atoms with Crippen molar-refractivity contribution in [2.75, 3.05) is 20.3 Å². The first kappa shape index (κ1) is 27.9. The largest absolute Gasteiger partial charge is 0.329 e. The lowest BCUT2D eigenvalue weighted by molar-refractivity contribution is 0.407. The smallest absolute Gasteiger partial charge is 0.0516 e. The quantitative estimate of drug-likeness (QED) is 0.434. The van der Waals surface area contributed by atoms with Gasteiger partial charge in [-0.25, -0.2) is 0 Å². The Morgan fingerprint density at radius 1 is 0.719 bits per heavy atom. The number of nitrogens with two attached hydrogens (primary N) is 2. The highest BCUT2D eigenvalue weighted by atomic mass is 14.9. The summed E-state index contributed by atoms with van der Waals surface area (Å²) in [5.74, 6) is 6.60. The second kappa shape index (κ2) is 12.2. The fourth-order valence-electron chi connectivity index (χ4n) is 3.64. The molecule has 0 aliphatic heterocycles. The van der Waals surface area contributed by atoms with Crippen molar-refractivity contribution in [3.05, 3.63) is 70.8 Å². The summed E-state index contributed by atoms with van der Waals surface area (Å²) in [6.45, 7) is 16.5. The molecule has 32 heavy (non-hydrogen) atoms. The number of hydrogen-bond donors (Lipinski definition) is 3. The van der Waals surface area contributed by atoms with Gasteiger partial charge in [0.25, 0.3) is 0 Å². The maximum absolute atomic E-state index is 6.29. The molecule has 0 saturated carbocycles. The molecule has 0 heterocycles. The Labute approximate surface area is 197 Å². The maximum Gasteiger partial charge on any atom is 0.0516 e. The summed E-state index contributed by atoms with van der Waals surface area (Å²) in [7, 11) is 1.81. The molecule has 3 nitrogen and oxygen atoms in total. The average molecular weight is 436 g/mol. The fraction of sp³-hybridized carbons (Fsp3) is 0.517. The minimum absolute atomic E-state index is 0.168. The van der Waals surface area contributed by atoms with Crippen molar-refractivity contribution >= 4 is 0 Å². The second-order valence-electron chi connectivity index (χ2n) is 10.7. The molecule has 2 rings (SSSR count). The van der Waals surface area contributed by atoms with Crippen molar-refractivity contribution in [1.82, 2.24) is 5.32 Å². The van der Waals surface area contributed by atoms with Crippen LogP contribution in [0.5, 0.6) is 0 Å². The Bertz CT molecular complexity index is 793. The highest BCUT2D eigenvalue weighted by molar-refractivity contribution is 5.33. The number of nitrogens with one attached hydrogen (secondary N) is 1. The standard InChI is InChI=1S/C27H37N.C2H8N2/c1-8-17-27(20-28,18-21-9-13-23(14-10-21)25(2,3)4)19-22-11-15-24(16-12-22)26(5,6)7;1-4-2-3/h9-16H,18-20,28H2,1-7H3;4H,2-3H2,1H3. The van der Waals surface area contributed by atoms with E-state index in [1.165, 1.54) is 22.3 Å². The average Bonchev–Trinajstić information content (AvgIpc) is 2.73. The zero-order chi connectivity index (χ0) is 24.4. The van der Waals surface area contributed by atoms with Crippen molar-refractivity contribution in [3.63, 3.8) is 0 Å². The Balaban J connectivity index is 0.00000118. The number of rotatable bonds is 6. The lowest BCUT2D eigenvalue weighted by Gasteiger charge is -2.28. The third kappa shape index (κ3) is 8.79. The summed E-state index contributed by atoms with van der Waals surface area (Å²) in [6.07, 6.45) is 1.74. The minimum Gasteiger partial charge on any atom is -0.329 e. The summed E-state index contributed by atoms with van der Waals surface area (Å²) in [5.41, 5.74) is 16.6. The summed E-state index contributed by atoms with van der Waals surface area (Å²) in [5, 5.41) is 2.71. The monoisotopic (exact) mass is 435 g/mol. The summed E-state index contributed by atoms with van der Waals surface area (Å²) >= 11 is 0. The van der Waals surface area contributed by atoms with E-state index >= 15 is 0 Å². The third-order valence-corrected chi connectivity index (χ3v) is 5.71. The molecular formula is C29H45N3. The van der Waals surface area contributed by atoms with E-state index in [9.17, 15) is 0 Å². The molecule has 0 aliphatic carbocycles. The highest BCUT2D eigenvalue weighted by Gasteiger charge is 2.28. The number of hydrogen-bond acceptors (Lipinski definition) is 3. The van der Waals surface area contributed by atoms with Gasteiger partial charge < -0.3 is 16.8 Å². The summed E-state index contributed by atoms with van der Waals surface area (Å²) in [4.78, 5) is 0. The second-order valence-corrected chi connectivity index (χ2v) is 10.7. The van der Waals surface area contributed by atoms with E-state index in [4.69, 9.17) is 11.5 Å². The van der Waals surface area contributed by atoms with Crippen LogP contribution in [0, 0.1) is 17.3 Å². The fourth-order valence-corrected chi connectivity index (χ4v) is 3.64. The molecule has 176 valence electrons. The molecule has 0 spiro atoms. The molecule has 0 aliphatic rings. The Hall–Kier alpha value is -2.12. The van der Waals surface area contributed by atoms with Crippen molar-refractivity contribution < 1.29 is 0 Å². The van der Waals surface area contributed by atoms with Crippen molar-refractivity contribution in [3.8, 4) is 11.8 Å². The molecule has 0 unspecified atom stereocenters. The Morgan fingerprint density at radius 2 is 1.06 bits per heavy atom. The topological polar surface area (TPSA) is 64.1 Å². The predicted molar refractivity (Wildman–Crippen MR) is 141 cm³/mol. The first-order valence-electron chi connectivity index (χ1n) is 11.6. The Morgan fingerprint density at radius 3 is 1.28 bits per heavy atom. The van der Waals surface area contributed by atoms with Gasteiger partial charge in [0.15, 0.2) is 0 Å². The minimum atomic E-state index is -0.235. The highest BCUT2D eigenvalue weighted by Crippen LogP contribution is 2.30. The van der Waals surface area contributed by atoms with Gasteiger partial charge >= 0.3 is 0 Å². The molecule has 0 radical (unpaired) electrons. The van der Waals surface area contributed by atoms with Crippen LogP contribution in [-0.4, -0.2) is 20.3 Å². The molecule has 5 N–H and O–H groups in total. The van der Waals surface area contributed by atoms with Gasteiger partial charge in [-0.15, -0.1) is 5.92 Å². The van der Waals surface area contributed by atoms with Crippen LogP contribution in [0.1, 0.15) is 70.7 Å². The third-order valence-electron chi connectivity index (χ3n) is 5.71. The summed E-state index contributed by atoms with van der Waals surface area (Å²) < 4.78 is 0. The van der Waals surface area contributed by atoms with Crippen LogP contribution in [0.2, 0.25) is 0 Å². The van der Waals surface area contributed by atoms with E-state index in [2.05, 4.69) is 107 Å². The van der Waals surface area contributed by atoms with Crippen LogP contribution >= 0.6 is 0 Å². The predicted octanol–water partition coefficient (Wildman–Crippen LogP) is 5.16. The van der Waals surface area contributed by atoms with Gasteiger partial charge in [0.05, 0.1) is 5.41 Å². The normalized spacial score (nSPS) is 11.8. The molecule has 0 aromatic heterocycles. The maximum atomic E-state index is 6.29. The van der Waals surface area contributed by atoms with E-state index < -0.39 is 0 Å². The van der Waals surface area contributed by atoms with Crippen LogP contribution in [0.4, 0.5) is 0 Å². The van der Waals surface area contributed by atoms with Crippen molar-refractivity contribution in [1.29, 1.82) is 0 Å². The summed E-state index contributed by atoms with van der Waals surface area (Å²) in [6, 6.07) is 17.9. The molecule has 0 amide bonds. The van der Waals surface area contributed by atoms with Gasteiger partial charge in [-0.05, 0) is 59.9 Å². The number of benzene rings is 2.